The van der Waals surface area contributed by atoms with Gasteiger partial charge in [0.1, 0.15) is 0 Å². The first-order valence-corrected chi connectivity index (χ1v) is 6.73. The monoisotopic (exact) mass is 226 g/mol. The number of carbonyl (C=O) groups excluding carboxylic acids is 1. The smallest absolute Gasteiger partial charge is 0.237 e. The summed E-state index contributed by atoms with van der Waals surface area (Å²) in [6, 6.07) is 0.0621. The molecule has 3 nitrogen and oxygen atoms in total. The molecule has 0 spiro atoms. The summed E-state index contributed by atoms with van der Waals surface area (Å²) >= 11 is 0. The zero-order valence-corrected chi connectivity index (χ0v) is 10.7. The van der Waals surface area contributed by atoms with Gasteiger partial charge in [0.2, 0.25) is 5.91 Å². The lowest BCUT2D eigenvalue weighted by Gasteiger charge is -2.29. The zero-order chi connectivity index (χ0) is 12.0. The van der Waals surface area contributed by atoms with Crippen molar-refractivity contribution in [2.24, 2.45) is 11.7 Å². The van der Waals surface area contributed by atoms with Crippen molar-refractivity contribution in [3.05, 3.63) is 0 Å². The molecule has 0 aliphatic heterocycles. The van der Waals surface area contributed by atoms with Crippen LogP contribution in [0.4, 0.5) is 0 Å². The van der Waals surface area contributed by atoms with E-state index in [2.05, 4.69) is 19.2 Å². The topological polar surface area (TPSA) is 55.1 Å². The second kappa shape index (κ2) is 6.89. The minimum absolute atomic E-state index is 0.0433. The van der Waals surface area contributed by atoms with Crippen LogP contribution in [0.1, 0.15) is 58.8 Å². The molecular formula is C13H26N2O. The Morgan fingerprint density at radius 3 is 2.44 bits per heavy atom. The summed E-state index contributed by atoms with van der Waals surface area (Å²) in [5.74, 6) is 0.916. The van der Waals surface area contributed by atoms with Crippen molar-refractivity contribution in [2.45, 2.75) is 70.9 Å². The fraction of sp³-hybridized carbons (Fsp3) is 0.923. The number of amides is 1. The molecule has 1 rings (SSSR count). The summed E-state index contributed by atoms with van der Waals surface area (Å²) in [5.41, 5.74) is 5.79. The number of hydrogen-bond donors (Lipinski definition) is 2. The minimum Gasteiger partial charge on any atom is -0.352 e. The molecule has 0 radical (unpaired) electrons. The Morgan fingerprint density at radius 2 is 1.94 bits per heavy atom. The van der Waals surface area contributed by atoms with Gasteiger partial charge in [0.15, 0.2) is 0 Å². The first-order valence-electron chi connectivity index (χ1n) is 6.73. The van der Waals surface area contributed by atoms with Crippen molar-refractivity contribution >= 4 is 5.91 Å². The van der Waals surface area contributed by atoms with Crippen LogP contribution in [0.5, 0.6) is 0 Å². The molecule has 3 heteroatoms. The van der Waals surface area contributed by atoms with E-state index in [-0.39, 0.29) is 11.9 Å². The van der Waals surface area contributed by atoms with Crippen LogP contribution in [-0.4, -0.2) is 18.0 Å². The second-order valence-electron chi connectivity index (χ2n) is 5.03. The standard InChI is InChI=1S/C13H26N2O/c1-3-5-12(14)13(16)15-11-8-6-10(4-2)7-9-11/h10-12H,3-9,14H2,1-2H3,(H,15,16)/t10?,11?,12-/m1/s1. The number of hydrogen-bond acceptors (Lipinski definition) is 2. The molecule has 1 fully saturated rings. The summed E-state index contributed by atoms with van der Waals surface area (Å²) in [4.78, 5) is 11.7. The Hall–Kier alpha value is -0.570. The Balaban J connectivity index is 2.25. The fourth-order valence-corrected chi connectivity index (χ4v) is 2.47. The van der Waals surface area contributed by atoms with E-state index in [4.69, 9.17) is 5.73 Å². The maximum atomic E-state index is 11.7. The van der Waals surface area contributed by atoms with Gasteiger partial charge in [-0.2, -0.15) is 0 Å². The Labute approximate surface area is 99.2 Å². The van der Waals surface area contributed by atoms with E-state index in [1.54, 1.807) is 0 Å². The van der Waals surface area contributed by atoms with E-state index >= 15 is 0 Å². The quantitative estimate of drug-likeness (QED) is 0.755. The van der Waals surface area contributed by atoms with Gasteiger partial charge in [-0.25, -0.2) is 0 Å². The number of rotatable bonds is 5. The average Bonchev–Trinajstić information content (AvgIpc) is 2.30. The first-order chi connectivity index (χ1) is 7.67. The van der Waals surface area contributed by atoms with Crippen LogP contribution >= 0.6 is 0 Å². The van der Waals surface area contributed by atoms with Crippen molar-refractivity contribution < 1.29 is 4.79 Å². The van der Waals surface area contributed by atoms with Gasteiger partial charge in [-0.1, -0.05) is 26.7 Å². The molecular weight excluding hydrogens is 200 g/mol. The Morgan fingerprint density at radius 1 is 1.31 bits per heavy atom. The van der Waals surface area contributed by atoms with Crippen LogP contribution in [0.3, 0.4) is 0 Å². The van der Waals surface area contributed by atoms with Crippen LogP contribution in [0, 0.1) is 5.92 Å². The van der Waals surface area contributed by atoms with Crippen molar-refractivity contribution in [1.82, 2.24) is 5.32 Å². The fourth-order valence-electron chi connectivity index (χ4n) is 2.47. The molecule has 0 unspecified atom stereocenters. The van der Waals surface area contributed by atoms with Gasteiger partial charge < -0.3 is 11.1 Å². The van der Waals surface area contributed by atoms with Crippen LogP contribution in [-0.2, 0) is 4.79 Å². The van der Waals surface area contributed by atoms with E-state index in [1.807, 2.05) is 0 Å². The predicted octanol–water partition coefficient (Wildman–Crippen LogP) is 2.20. The van der Waals surface area contributed by atoms with Gasteiger partial charge in [0.25, 0.3) is 0 Å². The average molecular weight is 226 g/mol. The highest BCUT2D eigenvalue weighted by molar-refractivity contribution is 5.81. The summed E-state index contributed by atoms with van der Waals surface area (Å²) in [5, 5.41) is 3.08. The van der Waals surface area contributed by atoms with Crippen LogP contribution in [0.25, 0.3) is 0 Å². The normalized spacial score (nSPS) is 27.4. The summed E-state index contributed by atoms with van der Waals surface area (Å²) < 4.78 is 0. The molecule has 94 valence electrons. The SMILES string of the molecule is CCC[C@@H](N)C(=O)NC1CCC(CC)CC1. The maximum Gasteiger partial charge on any atom is 0.237 e. The van der Waals surface area contributed by atoms with Crippen molar-refractivity contribution in [3.8, 4) is 0 Å². The van der Waals surface area contributed by atoms with E-state index in [0.29, 0.717) is 6.04 Å². The van der Waals surface area contributed by atoms with E-state index in [0.717, 1.165) is 31.6 Å². The molecule has 0 saturated heterocycles. The molecule has 1 amide bonds. The van der Waals surface area contributed by atoms with Crippen LogP contribution in [0.2, 0.25) is 0 Å². The van der Waals surface area contributed by atoms with Crippen molar-refractivity contribution in [2.75, 3.05) is 0 Å². The molecule has 0 heterocycles. The second-order valence-corrected chi connectivity index (χ2v) is 5.03. The lowest BCUT2D eigenvalue weighted by Crippen LogP contribution is -2.46. The first kappa shape index (κ1) is 13.5. The molecule has 0 aromatic carbocycles. The molecule has 1 aliphatic carbocycles. The molecule has 1 saturated carbocycles. The third-order valence-electron chi connectivity index (χ3n) is 3.71. The van der Waals surface area contributed by atoms with Gasteiger partial charge in [0.05, 0.1) is 6.04 Å². The van der Waals surface area contributed by atoms with E-state index in [9.17, 15) is 4.79 Å². The van der Waals surface area contributed by atoms with Gasteiger partial charge >= 0.3 is 0 Å². The lowest BCUT2D eigenvalue weighted by molar-refractivity contribution is -0.123. The third kappa shape index (κ3) is 4.12. The number of nitrogens with one attached hydrogen (secondary N) is 1. The molecule has 16 heavy (non-hydrogen) atoms. The van der Waals surface area contributed by atoms with Crippen molar-refractivity contribution in [3.63, 3.8) is 0 Å². The van der Waals surface area contributed by atoms with Crippen LogP contribution < -0.4 is 11.1 Å². The van der Waals surface area contributed by atoms with Gasteiger partial charge in [0, 0.05) is 6.04 Å². The largest absolute Gasteiger partial charge is 0.352 e. The van der Waals surface area contributed by atoms with Crippen molar-refractivity contribution in [1.29, 1.82) is 0 Å². The summed E-state index contributed by atoms with van der Waals surface area (Å²) in [7, 11) is 0. The Kier molecular flexibility index (Phi) is 5.81. The van der Waals surface area contributed by atoms with E-state index < -0.39 is 0 Å². The molecule has 3 N–H and O–H groups in total. The number of nitrogens with two attached hydrogens (primary N) is 1. The van der Waals surface area contributed by atoms with Gasteiger partial charge in [-0.15, -0.1) is 0 Å². The Bertz CT molecular complexity index is 210. The predicted molar refractivity (Wildman–Crippen MR) is 67.1 cm³/mol. The van der Waals surface area contributed by atoms with Gasteiger partial charge in [-0.05, 0) is 38.0 Å². The highest BCUT2D eigenvalue weighted by Gasteiger charge is 2.22. The van der Waals surface area contributed by atoms with Gasteiger partial charge in [-0.3, -0.25) is 4.79 Å². The molecule has 0 aromatic heterocycles. The zero-order valence-electron chi connectivity index (χ0n) is 10.7. The maximum absolute atomic E-state index is 11.7. The molecule has 1 aliphatic rings. The molecule has 0 bridgehead atoms. The summed E-state index contributed by atoms with van der Waals surface area (Å²) in [6.45, 7) is 4.31. The number of carbonyl (C=O) groups is 1. The lowest BCUT2D eigenvalue weighted by atomic mass is 9.84. The summed E-state index contributed by atoms with van der Waals surface area (Å²) in [6.07, 6.45) is 7.80. The highest BCUT2D eigenvalue weighted by atomic mass is 16.2. The van der Waals surface area contributed by atoms with Crippen LogP contribution in [0.15, 0.2) is 0 Å². The third-order valence-corrected chi connectivity index (χ3v) is 3.71. The minimum atomic E-state index is -0.311. The molecule has 0 aromatic rings. The molecule has 1 atom stereocenters. The van der Waals surface area contributed by atoms with E-state index in [1.165, 1.54) is 19.3 Å². The highest BCUT2D eigenvalue weighted by Crippen LogP contribution is 2.26.